The predicted octanol–water partition coefficient (Wildman–Crippen LogP) is 2.91. The maximum Gasteiger partial charge on any atom is 0.228 e. The molecule has 0 radical (unpaired) electrons. The number of thiophene rings is 1. The predicted molar refractivity (Wildman–Crippen MR) is 93.1 cm³/mol. The lowest BCUT2D eigenvalue weighted by molar-refractivity contribution is -0.117. The van der Waals surface area contributed by atoms with Gasteiger partial charge < -0.3 is 14.5 Å². The molecule has 4 heterocycles. The fourth-order valence-electron chi connectivity index (χ4n) is 4.41. The highest BCUT2D eigenvalue weighted by molar-refractivity contribution is 7.16. The van der Waals surface area contributed by atoms with Crippen molar-refractivity contribution in [3.63, 3.8) is 0 Å². The molecule has 126 valence electrons. The molecule has 3 fully saturated rings. The summed E-state index contributed by atoms with van der Waals surface area (Å²) in [5, 5.41) is 1.13. The van der Waals surface area contributed by atoms with Gasteiger partial charge in [-0.15, -0.1) is 11.3 Å². The van der Waals surface area contributed by atoms with Crippen LogP contribution in [0.5, 0.6) is 0 Å². The van der Waals surface area contributed by atoms with Gasteiger partial charge >= 0.3 is 0 Å². The molecule has 1 amide bonds. The molecule has 4 nitrogen and oxygen atoms in total. The Kier molecular flexibility index (Phi) is 4.20. The van der Waals surface area contributed by atoms with Crippen LogP contribution >= 0.6 is 11.3 Å². The molecule has 0 N–H and O–H groups in total. The van der Waals surface area contributed by atoms with Gasteiger partial charge in [0, 0.05) is 49.6 Å². The molecule has 3 aliphatic rings. The van der Waals surface area contributed by atoms with E-state index in [1.54, 1.807) is 11.3 Å². The molecule has 23 heavy (non-hydrogen) atoms. The van der Waals surface area contributed by atoms with E-state index in [0.717, 1.165) is 50.2 Å². The average Bonchev–Trinajstić information content (AvgIpc) is 3.21. The summed E-state index contributed by atoms with van der Waals surface area (Å²) in [7, 11) is 0. The number of carbonyl (C=O) groups is 1. The first kappa shape index (κ1) is 15.6. The number of hydrogen-bond acceptors (Lipinski definition) is 4. The summed E-state index contributed by atoms with van der Waals surface area (Å²) < 4.78 is 5.47. The Morgan fingerprint density at radius 3 is 2.87 bits per heavy atom. The number of nitrogens with zero attached hydrogens (tertiary/aromatic N) is 2. The van der Waals surface area contributed by atoms with E-state index in [9.17, 15) is 4.79 Å². The highest BCUT2D eigenvalue weighted by Crippen LogP contribution is 2.43. The van der Waals surface area contributed by atoms with Gasteiger partial charge in [0.2, 0.25) is 5.91 Å². The molecule has 0 aliphatic carbocycles. The molecule has 0 aromatic carbocycles. The standard InChI is InChI=1S/C18H26N2O2S/c1-14-2-3-17(23-14)20-13-18(10-16(20)21)6-7-19(12-18)11-15-4-8-22-9-5-15/h2-3,15H,4-13H2,1H3/t18-/m1/s1. The van der Waals surface area contributed by atoms with Crippen molar-refractivity contribution in [1.82, 2.24) is 4.90 Å². The van der Waals surface area contributed by atoms with Gasteiger partial charge in [-0.25, -0.2) is 0 Å². The van der Waals surface area contributed by atoms with Gasteiger partial charge in [0.05, 0.1) is 5.00 Å². The van der Waals surface area contributed by atoms with Crippen molar-refractivity contribution >= 4 is 22.2 Å². The number of hydrogen-bond donors (Lipinski definition) is 0. The van der Waals surface area contributed by atoms with Crippen LogP contribution in [0.4, 0.5) is 5.00 Å². The average molecular weight is 334 g/mol. The number of aryl methyl sites for hydroxylation is 1. The summed E-state index contributed by atoms with van der Waals surface area (Å²) in [4.78, 5) is 18.5. The van der Waals surface area contributed by atoms with Gasteiger partial charge in [-0.2, -0.15) is 0 Å². The van der Waals surface area contributed by atoms with E-state index in [-0.39, 0.29) is 5.41 Å². The topological polar surface area (TPSA) is 32.8 Å². The van der Waals surface area contributed by atoms with Gasteiger partial charge in [-0.1, -0.05) is 0 Å². The van der Waals surface area contributed by atoms with Crippen LogP contribution in [0.1, 0.15) is 30.6 Å². The molecule has 0 bridgehead atoms. The van der Waals surface area contributed by atoms with Crippen molar-refractivity contribution in [2.24, 2.45) is 11.3 Å². The van der Waals surface area contributed by atoms with E-state index in [4.69, 9.17) is 4.74 Å². The number of carbonyl (C=O) groups excluding carboxylic acids is 1. The van der Waals surface area contributed by atoms with Crippen LogP contribution in [-0.4, -0.2) is 50.2 Å². The van der Waals surface area contributed by atoms with Crippen molar-refractivity contribution in [2.45, 2.75) is 32.6 Å². The highest BCUT2D eigenvalue weighted by atomic mass is 32.1. The quantitative estimate of drug-likeness (QED) is 0.852. The number of rotatable bonds is 3. The van der Waals surface area contributed by atoms with Crippen molar-refractivity contribution in [1.29, 1.82) is 0 Å². The molecule has 1 aromatic rings. The second-order valence-corrected chi connectivity index (χ2v) is 8.85. The third-order valence-corrected chi connectivity index (χ3v) is 6.71. The maximum atomic E-state index is 12.5. The van der Waals surface area contributed by atoms with Crippen LogP contribution in [0, 0.1) is 18.3 Å². The Morgan fingerprint density at radius 1 is 1.30 bits per heavy atom. The smallest absolute Gasteiger partial charge is 0.228 e. The lowest BCUT2D eigenvalue weighted by Gasteiger charge is -2.28. The number of ether oxygens (including phenoxy) is 1. The highest BCUT2D eigenvalue weighted by Gasteiger charge is 2.48. The van der Waals surface area contributed by atoms with Crippen LogP contribution in [0.2, 0.25) is 0 Å². The summed E-state index contributed by atoms with van der Waals surface area (Å²) in [6.45, 7) is 8.31. The molecule has 1 atom stereocenters. The van der Waals surface area contributed by atoms with Crippen molar-refractivity contribution in [3.8, 4) is 0 Å². The molecule has 3 saturated heterocycles. The number of amides is 1. The minimum absolute atomic E-state index is 0.195. The molecule has 1 aromatic heterocycles. The lowest BCUT2D eigenvalue weighted by Crippen LogP contribution is -2.34. The summed E-state index contributed by atoms with van der Waals surface area (Å²) >= 11 is 1.74. The first-order chi connectivity index (χ1) is 11.1. The third kappa shape index (κ3) is 3.19. The first-order valence-electron chi connectivity index (χ1n) is 8.81. The van der Waals surface area contributed by atoms with E-state index in [1.165, 1.54) is 30.7 Å². The molecule has 0 saturated carbocycles. The zero-order valence-corrected chi connectivity index (χ0v) is 14.7. The molecule has 0 unspecified atom stereocenters. The fourth-order valence-corrected chi connectivity index (χ4v) is 5.29. The second-order valence-electron chi connectivity index (χ2n) is 7.58. The number of likely N-dealkylation sites (tertiary alicyclic amines) is 1. The van der Waals surface area contributed by atoms with Gasteiger partial charge in [0.25, 0.3) is 0 Å². The minimum atomic E-state index is 0.195. The van der Waals surface area contributed by atoms with E-state index in [1.807, 2.05) is 4.90 Å². The normalized spacial score (nSPS) is 30.0. The summed E-state index contributed by atoms with van der Waals surface area (Å²) in [5.74, 6) is 1.10. The Morgan fingerprint density at radius 2 is 2.13 bits per heavy atom. The van der Waals surface area contributed by atoms with E-state index < -0.39 is 0 Å². The summed E-state index contributed by atoms with van der Waals surface area (Å²) in [6, 6.07) is 4.22. The Labute approximate surface area is 142 Å². The van der Waals surface area contributed by atoms with Gasteiger partial charge in [-0.3, -0.25) is 4.79 Å². The first-order valence-corrected chi connectivity index (χ1v) is 9.62. The van der Waals surface area contributed by atoms with Crippen molar-refractivity contribution in [3.05, 3.63) is 17.0 Å². The summed E-state index contributed by atoms with van der Waals surface area (Å²) in [6.07, 6.45) is 4.29. The lowest BCUT2D eigenvalue weighted by atomic mass is 9.86. The SMILES string of the molecule is Cc1ccc(N2C[C@]3(CCN(CC4CCOCC4)C3)CC2=O)s1. The summed E-state index contributed by atoms with van der Waals surface area (Å²) in [5.41, 5.74) is 0.195. The molecule has 4 rings (SSSR count). The molecular weight excluding hydrogens is 308 g/mol. The Bertz CT molecular complexity index is 581. The molecule has 1 spiro atoms. The van der Waals surface area contributed by atoms with E-state index in [2.05, 4.69) is 24.0 Å². The third-order valence-electron chi connectivity index (χ3n) is 5.69. The maximum absolute atomic E-state index is 12.5. The van der Waals surface area contributed by atoms with Crippen LogP contribution in [0.3, 0.4) is 0 Å². The largest absolute Gasteiger partial charge is 0.381 e. The van der Waals surface area contributed by atoms with Gasteiger partial charge in [0.1, 0.15) is 0 Å². The van der Waals surface area contributed by atoms with Crippen LogP contribution in [0.25, 0.3) is 0 Å². The van der Waals surface area contributed by atoms with Crippen LogP contribution < -0.4 is 4.90 Å². The van der Waals surface area contributed by atoms with Gasteiger partial charge in [-0.05, 0) is 50.8 Å². The molecular formula is C18H26N2O2S. The van der Waals surface area contributed by atoms with Crippen LogP contribution in [0.15, 0.2) is 12.1 Å². The van der Waals surface area contributed by atoms with E-state index >= 15 is 0 Å². The minimum Gasteiger partial charge on any atom is -0.381 e. The fraction of sp³-hybridized carbons (Fsp3) is 0.722. The monoisotopic (exact) mass is 334 g/mol. The van der Waals surface area contributed by atoms with Crippen LogP contribution in [-0.2, 0) is 9.53 Å². The number of anilines is 1. The zero-order chi connectivity index (χ0) is 15.9. The molecule has 3 aliphatic heterocycles. The zero-order valence-electron chi connectivity index (χ0n) is 13.9. The van der Waals surface area contributed by atoms with E-state index in [0.29, 0.717) is 5.91 Å². The van der Waals surface area contributed by atoms with Crippen molar-refractivity contribution in [2.75, 3.05) is 44.3 Å². The Hall–Kier alpha value is -0.910. The van der Waals surface area contributed by atoms with Gasteiger partial charge in [0.15, 0.2) is 0 Å². The second kappa shape index (κ2) is 6.19. The molecule has 5 heteroatoms. The Balaban J connectivity index is 1.39. The van der Waals surface area contributed by atoms with Crippen molar-refractivity contribution < 1.29 is 9.53 Å².